The maximum absolute atomic E-state index is 13.1. The van der Waals surface area contributed by atoms with E-state index >= 15 is 0 Å². The van der Waals surface area contributed by atoms with Crippen LogP contribution in [0.15, 0.2) is 59.4 Å². The molecule has 2 heterocycles. The van der Waals surface area contributed by atoms with E-state index in [2.05, 4.69) is 5.10 Å². The number of amides is 1. The fourth-order valence-electron chi connectivity index (χ4n) is 3.68. The molecule has 4 rings (SSSR count). The minimum Gasteiger partial charge on any atom is -0.339 e. The lowest BCUT2D eigenvalue weighted by atomic mass is 9.95. The first-order chi connectivity index (χ1) is 13.5. The summed E-state index contributed by atoms with van der Waals surface area (Å²) < 4.78 is 16.1. The molecule has 7 heteroatoms. The molecule has 1 fully saturated rings. The van der Waals surface area contributed by atoms with Gasteiger partial charge >= 0.3 is 5.69 Å². The Kier molecular flexibility index (Phi) is 4.81. The summed E-state index contributed by atoms with van der Waals surface area (Å²) in [6.45, 7) is 1.14. The first-order valence-electron chi connectivity index (χ1n) is 9.31. The van der Waals surface area contributed by atoms with E-state index < -0.39 is 0 Å². The zero-order chi connectivity index (χ0) is 19.7. The third-order valence-corrected chi connectivity index (χ3v) is 5.20. The summed E-state index contributed by atoms with van der Waals surface area (Å²) in [6.07, 6.45) is 1.44. The number of hydrogen-bond acceptors (Lipinski definition) is 3. The van der Waals surface area contributed by atoms with Gasteiger partial charge in [0.1, 0.15) is 11.6 Å². The summed E-state index contributed by atoms with van der Waals surface area (Å²) >= 11 is 0. The predicted molar refractivity (Wildman–Crippen MR) is 103 cm³/mol. The maximum atomic E-state index is 13.1. The van der Waals surface area contributed by atoms with Gasteiger partial charge < -0.3 is 4.90 Å². The van der Waals surface area contributed by atoms with Crippen LogP contribution in [0.25, 0.3) is 5.69 Å². The van der Waals surface area contributed by atoms with Crippen molar-refractivity contribution in [3.63, 3.8) is 0 Å². The van der Waals surface area contributed by atoms with E-state index in [0.29, 0.717) is 18.7 Å². The number of rotatable bonds is 3. The van der Waals surface area contributed by atoms with E-state index in [9.17, 15) is 14.0 Å². The number of carbonyl (C=O) groups is 1. The van der Waals surface area contributed by atoms with Crippen LogP contribution in [0.2, 0.25) is 0 Å². The highest BCUT2D eigenvalue weighted by molar-refractivity contribution is 5.94. The standard InChI is InChI=1S/C21H21FN4O2/c1-24-21(28)26(18-5-3-2-4-6-18)19(23-24)15-11-13-25(14-12-15)20(27)16-7-9-17(22)10-8-16/h2-10,15H,11-14H2,1H3. The minimum absolute atomic E-state index is 0.0892. The summed E-state index contributed by atoms with van der Waals surface area (Å²) in [5.41, 5.74) is 1.10. The van der Waals surface area contributed by atoms with Crippen LogP contribution >= 0.6 is 0 Å². The molecule has 0 spiro atoms. The number of nitrogens with zero attached hydrogens (tertiary/aromatic N) is 4. The maximum Gasteiger partial charge on any atom is 0.350 e. The molecule has 0 radical (unpaired) electrons. The molecule has 0 unspecified atom stereocenters. The molecule has 1 saturated heterocycles. The molecular weight excluding hydrogens is 359 g/mol. The summed E-state index contributed by atoms with van der Waals surface area (Å²) in [6, 6.07) is 15.1. The highest BCUT2D eigenvalue weighted by Crippen LogP contribution is 2.28. The summed E-state index contributed by atoms with van der Waals surface area (Å²) in [4.78, 5) is 27.0. The van der Waals surface area contributed by atoms with Crippen molar-refractivity contribution in [2.75, 3.05) is 13.1 Å². The fourth-order valence-corrected chi connectivity index (χ4v) is 3.68. The van der Waals surface area contributed by atoms with Crippen molar-refractivity contribution in [1.82, 2.24) is 19.2 Å². The predicted octanol–water partition coefficient (Wildman–Crippen LogP) is 2.73. The molecular formula is C21H21FN4O2. The number of aryl methyl sites for hydroxylation is 1. The van der Waals surface area contributed by atoms with Crippen LogP contribution in [0.4, 0.5) is 4.39 Å². The number of carbonyl (C=O) groups excluding carboxylic acids is 1. The Labute approximate surface area is 161 Å². The molecule has 2 aromatic carbocycles. The summed E-state index contributed by atoms with van der Waals surface area (Å²) in [5, 5.41) is 4.47. The first kappa shape index (κ1) is 18.2. The van der Waals surface area contributed by atoms with Crippen molar-refractivity contribution in [3.05, 3.63) is 82.3 Å². The van der Waals surface area contributed by atoms with Gasteiger partial charge in [0.05, 0.1) is 5.69 Å². The van der Waals surface area contributed by atoms with Crippen molar-refractivity contribution < 1.29 is 9.18 Å². The van der Waals surface area contributed by atoms with Gasteiger partial charge in [-0.15, -0.1) is 0 Å². The molecule has 0 aliphatic carbocycles. The molecule has 3 aromatic rings. The minimum atomic E-state index is -0.357. The Bertz CT molecular complexity index is 1030. The van der Waals surface area contributed by atoms with Gasteiger partial charge in [0, 0.05) is 31.6 Å². The van der Waals surface area contributed by atoms with Crippen molar-refractivity contribution in [1.29, 1.82) is 0 Å². The number of para-hydroxylation sites is 1. The van der Waals surface area contributed by atoms with E-state index in [4.69, 9.17) is 0 Å². The average Bonchev–Trinajstić information content (AvgIpc) is 3.03. The second-order valence-corrected chi connectivity index (χ2v) is 7.01. The third-order valence-electron chi connectivity index (χ3n) is 5.20. The molecule has 1 aromatic heterocycles. The molecule has 28 heavy (non-hydrogen) atoms. The third kappa shape index (κ3) is 3.35. The molecule has 0 atom stereocenters. The van der Waals surface area contributed by atoms with Gasteiger partial charge in [0.25, 0.3) is 5.91 Å². The van der Waals surface area contributed by atoms with E-state index in [1.165, 1.54) is 28.9 Å². The summed E-state index contributed by atoms with van der Waals surface area (Å²) in [5.74, 6) is 0.364. The molecule has 144 valence electrons. The smallest absolute Gasteiger partial charge is 0.339 e. The number of piperidine rings is 1. The molecule has 1 aliphatic rings. The van der Waals surface area contributed by atoms with Crippen LogP contribution in [0, 0.1) is 5.82 Å². The number of benzene rings is 2. The average molecular weight is 380 g/mol. The number of halogens is 1. The first-order valence-corrected chi connectivity index (χ1v) is 9.31. The molecule has 1 aliphatic heterocycles. The van der Waals surface area contributed by atoms with E-state index in [1.54, 1.807) is 16.5 Å². The van der Waals surface area contributed by atoms with Crippen molar-refractivity contribution in [2.45, 2.75) is 18.8 Å². The highest BCUT2D eigenvalue weighted by atomic mass is 19.1. The Morgan fingerprint density at radius 2 is 1.68 bits per heavy atom. The molecule has 6 nitrogen and oxygen atoms in total. The van der Waals surface area contributed by atoms with Gasteiger partial charge in [0.2, 0.25) is 0 Å². The fraction of sp³-hybridized carbons (Fsp3) is 0.286. The number of hydrogen-bond donors (Lipinski definition) is 0. The SMILES string of the molecule is Cn1nc(C2CCN(C(=O)c3ccc(F)cc3)CC2)n(-c2ccccc2)c1=O. The molecule has 1 amide bonds. The van der Waals surface area contributed by atoms with Crippen LogP contribution in [0.1, 0.15) is 34.9 Å². The topological polar surface area (TPSA) is 60.1 Å². The van der Waals surface area contributed by atoms with Gasteiger partial charge in [-0.05, 0) is 49.2 Å². The Morgan fingerprint density at radius 3 is 2.32 bits per heavy atom. The highest BCUT2D eigenvalue weighted by Gasteiger charge is 2.29. The van der Waals surface area contributed by atoms with E-state index in [0.717, 1.165) is 24.4 Å². The second-order valence-electron chi connectivity index (χ2n) is 7.01. The van der Waals surface area contributed by atoms with Crippen LogP contribution in [0.5, 0.6) is 0 Å². The lowest BCUT2D eigenvalue weighted by molar-refractivity contribution is 0.0710. The van der Waals surface area contributed by atoms with Crippen LogP contribution in [-0.2, 0) is 7.05 Å². The Balaban J connectivity index is 1.53. The zero-order valence-corrected chi connectivity index (χ0v) is 15.6. The van der Waals surface area contributed by atoms with Crippen LogP contribution < -0.4 is 5.69 Å². The van der Waals surface area contributed by atoms with Gasteiger partial charge in [0.15, 0.2) is 0 Å². The van der Waals surface area contributed by atoms with Gasteiger partial charge in [-0.2, -0.15) is 5.10 Å². The number of likely N-dealkylation sites (tertiary alicyclic amines) is 1. The molecule has 0 bridgehead atoms. The van der Waals surface area contributed by atoms with Crippen molar-refractivity contribution in [3.8, 4) is 5.69 Å². The second kappa shape index (κ2) is 7.42. The monoisotopic (exact) mass is 380 g/mol. The quantitative estimate of drug-likeness (QED) is 0.702. The lowest BCUT2D eigenvalue weighted by Crippen LogP contribution is -2.38. The molecule has 0 N–H and O–H groups in total. The van der Waals surface area contributed by atoms with Crippen LogP contribution in [-0.4, -0.2) is 38.2 Å². The van der Waals surface area contributed by atoms with Crippen LogP contribution in [0.3, 0.4) is 0 Å². The summed E-state index contributed by atoms with van der Waals surface area (Å²) in [7, 11) is 1.65. The number of aromatic nitrogens is 3. The van der Waals surface area contributed by atoms with Crippen molar-refractivity contribution >= 4 is 5.91 Å². The van der Waals surface area contributed by atoms with Gasteiger partial charge in [-0.25, -0.2) is 18.4 Å². The lowest BCUT2D eigenvalue weighted by Gasteiger charge is -2.31. The Morgan fingerprint density at radius 1 is 1.04 bits per heavy atom. The normalized spacial score (nSPS) is 15.0. The Hall–Kier alpha value is -3.22. The van der Waals surface area contributed by atoms with Gasteiger partial charge in [-0.1, -0.05) is 18.2 Å². The van der Waals surface area contributed by atoms with Crippen molar-refractivity contribution in [2.24, 2.45) is 7.05 Å². The van der Waals surface area contributed by atoms with E-state index in [-0.39, 0.29) is 23.3 Å². The van der Waals surface area contributed by atoms with E-state index in [1.807, 2.05) is 30.3 Å². The molecule has 0 saturated carbocycles. The zero-order valence-electron chi connectivity index (χ0n) is 15.6. The largest absolute Gasteiger partial charge is 0.350 e. The van der Waals surface area contributed by atoms with Gasteiger partial charge in [-0.3, -0.25) is 4.79 Å².